The average Bonchev–Trinajstić information content (AvgIpc) is 3.13. The molecule has 0 unspecified atom stereocenters. The van der Waals surface area contributed by atoms with E-state index in [0.29, 0.717) is 0 Å². The van der Waals surface area contributed by atoms with E-state index in [9.17, 15) is 0 Å². The van der Waals surface area contributed by atoms with Gasteiger partial charge in [0.05, 0.1) is 33.1 Å². The van der Waals surface area contributed by atoms with E-state index in [-0.39, 0.29) is 15.1 Å². The zero-order valence-electron chi connectivity index (χ0n) is 29.2. The van der Waals surface area contributed by atoms with Crippen LogP contribution in [0.25, 0.3) is 65.4 Å². The van der Waals surface area contributed by atoms with E-state index in [2.05, 4.69) is 108 Å². The van der Waals surface area contributed by atoms with Crippen LogP contribution in [0.5, 0.6) is 0 Å². The molecule has 9 rings (SSSR count). The average molecular weight is 797 g/mol. The number of hydrogen-bond donors (Lipinski definition) is 0. The van der Waals surface area contributed by atoms with E-state index < -0.39 is 0 Å². The third kappa shape index (κ3) is 7.53. The first kappa shape index (κ1) is 36.1. The number of rotatable bonds is 0. The third-order valence-electron chi connectivity index (χ3n) is 9.17. The maximum absolute atomic E-state index is 4.85. The fourth-order valence-corrected chi connectivity index (χ4v) is 6.31. The van der Waals surface area contributed by atoms with Gasteiger partial charge in [-0.3, -0.25) is 29.9 Å². The van der Waals surface area contributed by atoms with Crippen LogP contribution in [0.3, 0.4) is 0 Å². The summed E-state index contributed by atoms with van der Waals surface area (Å²) in [5, 5.41) is 7.13. The Labute approximate surface area is 313 Å². The summed E-state index contributed by atoms with van der Waals surface area (Å²) in [5.41, 5.74) is 13.5. The van der Waals surface area contributed by atoms with Crippen LogP contribution in [0.4, 0.5) is 0 Å². The first-order valence-electron chi connectivity index (χ1n) is 16.4. The van der Waals surface area contributed by atoms with Gasteiger partial charge in [-0.05, 0) is 111 Å². The SMILES string of the molecule is Cc1ccnc2c1ccc1c(C)ccnc12.Cc1ccnc2c1ccc1c(C)ccnc12.Cc1ccnc2c1ccc1c(C)ccnc12.[Cl][Ru][Cl]. The second-order valence-corrected chi connectivity index (χ2v) is 15.0. The molecule has 0 fully saturated rings. The molecule has 256 valence electrons. The normalized spacial score (nSPS) is 10.9. The van der Waals surface area contributed by atoms with Crippen LogP contribution in [0.15, 0.2) is 110 Å². The summed E-state index contributed by atoms with van der Waals surface area (Å²) >= 11 is -0.346. The molecule has 9 aromatic rings. The van der Waals surface area contributed by atoms with Crippen molar-refractivity contribution in [1.29, 1.82) is 0 Å². The molecule has 0 saturated heterocycles. The molecule has 6 heterocycles. The Morgan fingerprint density at radius 1 is 0.294 bits per heavy atom. The van der Waals surface area contributed by atoms with Gasteiger partial charge in [-0.15, -0.1) is 0 Å². The predicted molar refractivity (Wildman–Crippen MR) is 211 cm³/mol. The Morgan fingerprint density at radius 3 is 0.569 bits per heavy atom. The van der Waals surface area contributed by atoms with Crippen molar-refractivity contribution in [2.24, 2.45) is 0 Å². The van der Waals surface area contributed by atoms with Crippen molar-refractivity contribution >= 4 is 84.8 Å². The van der Waals surface area contributed by atoms with Crippen molar-refractivity contribution in [3.8, 4) is 0 Å². The van der Waals surface area contributed by atoms with E-state index in [4.69, 9.17) is 19.4 Å². The molecular formula is C42H36Cl2N6Ru. The Kier molecular flexibility index (Phi) is 11.4. The molecule has 3 aromatic carbocycles. The molecule has 0 saturated carbocycles. The molecule has 0 spiro atoms. The number of aromatic nitrogens is 6. The monoisotopic (exact) mass is 796 g/mol. The van der Waals surface area contributed by atoms with Crippen molar-refractivity contribution in [2.75, 3.05) is 0 Å². The summed E-state index contributed by atoms with van der Waals surface area (Å²) in [4.78, 5) is 26.7. The maximum atomic E-state index is 4.85. The summed E-state index contributed by atoms with van der Waals surface area (Å²) in [5.74, 6) is 0. The molecule has 0 aliphatic rings. The Hall–Kier alpha value is -4.68. The van der Waals surface area contributed by atoms with Crippen LogP contribution in [0, 0.1) is 41.5 Å². The van der Waals surface area contributed by atoms with Gasteiger partial charge in [0, 0.05) is 69.5 Å². The zero-order chi connectivity index (χ0) is 36.1. The van der Waals surface area contributed by atoms with Crippen LogP contribution < -0.4 is 0 Å². The van der Waals surface area contributed by atoms with Gasteiger partial charge >= 0.3 is 34.5 Å². The number of halogens is 2. The van der Waals surface area contributed by atoms with Gasteiger partial charge in [-0.1, -0.05) is 36.4 Å². The van der Waals surface area contributed by atoms with Crippen molar-refractivity contribution in [2.45, 2.75) is 41.5 Å². The Bertz CT molecular complexity index is 2210. The molecule has 0 radical (unpaired) electrons. The van der Waals surface area contributed by atoms with Crippen LogP contribution in [0.2, 0.25) is 0 Å². The summed E-state index contributed by atoms with van der Waals surface area (Å²) in [6.45, 7) is 12.6. The van der Waals surface area contributed by atoms with E-state index in [1.165, 1.54) is 65.7 Å². The molecule has 51 heavy (non-hydrogen) atoms. The van der Waals surface area contributed by atoms with Crippen molar-refractivity contribution in [3.05, 3.63) is 143 Å². The van der Waals surface area contributed by atoms with Crippen molar-refractivity contribution in [3.63, 3.8) is 0 Å². The predicted octanol–water partition coefficient (Wildman–Crippen LogP) is 11.6. The molecular weight excluding hydrogens is 760 g/mol. The summed E-state index contributed by atoms with van der Waals surface area (Å²) < 4.78 is 0. The topological polar surface area (TPSA) is 77.3 Å². The van der Waals surface area contributed by atoms with Gasteiger partial charge in [-0.25, -0.2) is 0 Å². The van der Waals surface area contributed by atoms with Crippen LogP contribution in [-0.2, 0) is 15.1 Å². The third-order valence-corrected chi connectivity index (χ3v) is 9.17. The number of benzene rings is 3. The standard InChI is InChI=1S/3C14H12N2.2ClH.Ru/c3*1-9-5-7-15-13-11(9)3-4-12-10(2)6-8-16-14(12)13;;;/h3*3-8H,1-2H3;2*1H;/q;;;;;+2/p-2. The number of aryl methyl sites for hydroxylation is 6. The molecule has 0 amide bonds. The van der Waals surface area contributed by atoms with E-state index in [1.54, 1.807) is 0 Å². The summed E-state index contributed by atoms with van der Waals surface area (Å²) in [6.07, 6.45) is 11.1. The van der Waals surface area contributed by atoms with Gasteiger partial charge in [0.25, 0.3) is 0 Å². The molecule has 0 bridgehead atoms. The quantitative estimate of drug-likeness (QED) is 0.112. The Balaban J connectivity index is 0.000000127. The molecule has 6 aromatic heterocycles. The molecule has 6 nitrogen and oxygen atoms in total. The molecule has 0 atom stereocenters. The summed E-state index contributed by atoms with van der Waals surface area (Å²) in [7, 11) is 9.71. The minimum absolute atomic E-state index is 0.346. The second kappa shape index (κ2) is 16.1. The van der Waals surface area contributed by atoms with Gasteiger partial charge in [0.15, 0.2) is 0 Å². The summed E-state index contributed by atoms with van der Waals surface area (Å²) in [6, 6.07) is 25.0. The van der Waals surface area contributed by atoms with Gasteiger partial charge in [-0.2, -0.15) is 0 Å². The molecule has 0 aliphatic carbocycles. The van der Waals surface area contributed by atoms with Crippen molar-refractivity contribution < 1.29 is 15.1 Å². The first-order valence-corrected chi connectivity index (χ1v) is 20.8. The minimum atomic E-state index is -0.346. The number of nitrogens with zero attached hydrogens (tertiary/aromatic N) is 6. The second-order valence-electron chi connectivity index (χ2n) is 12.4. The number of hydrogen-bond acceptors (Lipinski definition) is 6. The number of fused-ring (bicyclic) bond motifs is 9. The fourth-order valence-electron chi connectivity index (χ4n) is 6.31. The van der Waals surface area contributed by atoms with E-state index in [0.717, 1.165) is 33.1 Å². The van der Waals surface area contributed by atoms with Crippen LogP contribution >= 0.6 is 19.4 Å². The van der Waals surface area contributed by atoms with Gasteiger partial charge < -0.3 is 0 Å². The first-order chi connectivity index (χ1) is 24.7. The molecule has 0 N–H and O–H groups in total. The van der Waals surface area contributed by atoms with Gasteiger partial charge in [0.2, 0.25) is 0 Å². The van der Waals surface area contributed by atoms with Crippen LogP contribution in [-0.4, -0.2) is 29.9 Å². The van der Waals surface area contributed by atoms with E-state index >= 15 is 0 Å². The Morgan fingerprint density at radius 2 is 0.431 bits per heavy atom. The van der Waals surface area contributed by atoms with Crippen molar-refractivity contribution in [1.82, 2.24) is 29.9 Å². The molecule has 9 heteroatoms. The molecule has 0 aliphatic heterocycles. The number of pyridine rings is 6. The van der Waals surface area contributed by atoms with E-state index in [1.807, 2.05) is 73.6 Å². The van der Waals surface area contributed by atoms with Crippen LogP contribution in [0.1, 0.15) is 33.4 Å². The fraction of sp³-hybridized carbons (Fsp3) is 0.143. The van der Waals surface area contributed by atoms with Gasteiger partial charge in [0.1, 0.15) is 0 Å². The zero-order valence-corrected chi connectivity index (χ0v) is 32.4.